The normalized spacial score (nSPS) is 11.2. The Labute approximate surface area is 144 Å². The van der Waals surface area contributed by atoms with Gasteiger partial charge in [-0.1, -0.05) is 13.0 Å². The van der Waals surface area contributed by atoms with Gasteiger partial charge >= 0.3 is 0 Å². The molecule has 2 N–H and O–H groups in total. The van der Waals surface area contributed by atoms with Gasteiger partial charge in [-0.3, -0.25) is 0 Å². The number of phenolic OH excluding ortho intramolecular Hbond substituents is 1. The fraction of sp³-hybridized carbons (Fsp3) is 0.133. The lowest BCUT2D eigenvalue weighted by Gasteiger charge is -2.04. The van der Waals surface area contributed by atoms with Crippen LogP contribution in [0.2, 0.25) is 0 Å². The van der Waals surface area contributed by atoms with E-state index < -0.39 is 0 Å². The van der Waals surface area contributed by atoms with Crippen molar-refractivity contribution in [3.8, 4) is 17.1 Å². The van der Waals surface area contributed by atoms with Crippen LogP contribution in [0.25, 0.3) is 22.4 Å². The molecule has 1 aromatic heterocycles. The molecular weight excluding hydrogens is 478 g/mol. The third kappa shape index (κ3) is 2.52. The van der Waals surface area contributed by atoms with Gasteiger partial charge in [0.2, 0.25) is 0 Å². The minimum atomic E-state index is 0.279. The number of hydrogen-bond acceptors (Lipinski definition) is 2. The summed E-state index contributed by atoms with van der Waals surface area (Å²) in [4.78, 5) is 7.88. The summed E-state index contributed by atoms with van der Waals surface area (Å²) in [5, 5.41) is 10.2. The first-order chi connectivity index (χ1) is 9.58. The van der Waals surface area contributed by atoms with Crippen LogP contribution in [0, 0.1) is 7.14 Å². The number of H-pyrrole nitrogens is 1. The molecule has 0 unspecified atom stereocenters. The van der Waals surface area contributed by atoms with Crippen molar-refractivity contribution in [2.24, 2.45) is 0 Å². The van der Waals surface area contributed by atoms with Crippen molar-refractivity contribution in [1.82, 2.24) is 9.97 Å². The molecule has 0 aliphatic carbocycles. The number of nitrogens with zero attached hydrogens (tertiary/aromatic N) is 1. The molecular formula is C15H12I2N2O. The number of nitrogens with one attached hydrogen (secondary N) is 1. The van der Waals surface area contributed by atoms with Gasteiger partial charge in [-0.05, 0) is 81.4 Å². The van der Waals surface area contributed by atoms with Gasteiger partial charge in [-0.2, -0.15) is 0 Å². The minimum Gasteiger partial charge on any atom is -0.506 e. The van der Waals surface area contributed by atoms with E-state index in [0.717, 1.165) is 30.2 Å². The molecule has 5 heteroatoms. The van der Waals surface area contributed by atoms with Crippen molar-refractivity contribution in [3.05, 3.63) is 43.0 Å². The maximum atomic E-state index is 10.2. The fourth-order valence-electron chi connectivity index (χ4n) is 2.15. The van der Waals surface area contributed by atoms with Gasteiger partial charge in [-0.25, -0.2) is 4.98 Å². The number of halogens is 2. The van der Waals surface area contributed by atoms with Gasteiger partial charge in [0.25, 0.3) is 0 Å². The molecule has 1 heterocycles. The van der Waals surface area contributed by atoms with Gasteiger partial charge in [0.1, 0.15) is 11.6 Å². The van der Waals surface area contributed by atoms with Crippen LogP contribution in [0.4, 0.5) is 0 Å². The molecule has 0 atom stereocenters. The number of aryl methyl sites for hydroxylation is 1. The van der Waals surface area contributed by atoms with Crippen molar-refractivity contribution in [2.45, 2.75) is 13.3 Å². The van der Waals surface area contributed by atoms with Crippen LogP contribution in [-0.4, -0.2) is 15.1 Å². The van der Waals surface area contributed by atoms with Crippen LogP contribution in [0.15, 0.2) is 30.3 Å². The van der Waals surface area contributed by atoms with Gasteiger partial charge in [0.05, 0.1) is 20.2 Å². The lowest BCUT2D eigenvalue weighted by Crippen LogP contribution is -1.86. The molecule has 0 spiro atoms. The van der Waals surface area contributed by atoms with E-state index in [2.05, 4.69) is 74.2 Å². The van der Waals surface area contributed by atoms with Crippen LogP contribution in [-0.2, 0) is 6.42 Å². The second-order valence-corrected chi connectivity index (χ2v) is 6.98. The zero-order valence-corrected chi connectivity index (χ0v) is 15.1. The van der Waals surface area contributed by atoms with Crippen LogP contribution in [0.3, 0.4) is 0 Å². The second kappa shape index (κ2) is 5.51. The standard InChI is InChI=1S/C15H12I2N2O/c1-2-8-3-4-12-13(5-8)19-15(18-12)10-6-9(16)7-11(17)14(10)20/h3-7,20H,2H2,1H3,(H,18,19). The quantitative estimate of drug-likeness (QED) is 0.512. The van der Waals surface area contributed by atoms with Gasteiger partial charge in [-0.15, -0.1) is 0 Å². The molecule has 2 aromatic carbocycles. The molecule has 3 nitrogen and oxygen atoms in total. The summed E-state index contributed by atoms with van der Waals surface area (Å²) in [5.74, 6) is 0.989. The Kier molecular flexibility index (Phi) is 3.89. The SMILES string of the molecule is CCc1ccc2nc(-c3cc(I)cc(I)c3O)[nH]c2c1. The van der Waals surface area contributed by atoms with Gasteiger partial charge < -0.3 is 10.1 Å². The predicted octanol–water partition coefficient (Wildman–Crippen LogP) is 4.71. The highest BCUT2D eigenvalue weighted by atomic mass is 127. The molecule has 0 fully saturated rings. The highest BCUT2D eigenvalue weighted by Gasteiger charge is 2.13. The van der Waals surface area contributed by atoms with Crippen LogP contribution >= 0.6 is 45.2 Å². The Morgan fingerprint density at radius 1 is 1.20 bits per heavy atom. The molecule has 102 valence electrons. The maximum absolute atomic E-state index is 10.2. The zero-order chi connectivity index (χ0) is 14.3. The number of aromatic amines is 1. The molecule has 3 rings (SSSR count). The molecule has 0 radical (unpaired) electrons. The number of rotatable bonds is 2. The summed E-state index contributed by atoms with van der Waals surface area (Å²) in [7, 11) is 0. The number of imidazole rings is 1. The second-order valence-electron chi connectivity index (χ2n) is 4.57. The Bertz CT molecular complexity index is 796. The minimum absolute atomic E-state index is 0.279. The molecule has 3 aromatic rings. The average molecular weight is 490 g/mol. The Morgan fingerprint density at radius 3 is 2.75 bits per heavy atom. The molecule has 0 saturated heterocycles. The van der Waals surface area contributed by atoms with Gasteiger partial charge in [0, 0.05) is 3.57 Å². The van der Waals surface area contributed by atoms with Crippen molar-refractivity contribution in [3.63, 3.8) is 0 Å². The molecule has 0 bridgehead atoms. The zero-order valence-electron chi connectivity index (χ0n) is 10.7. The topological polar surface area (TPSA) is 48.9 Å². The van der Waals surface area contributed by atoms with E-state index in [-0.39, 0.29) is 5.75 Å². The highest BCUT2D eigenvalue weighted by molar-refractivity contribution is 14.1. The first-order valence-electron chi connectivity index (χ1n) is 6.25. The Morgan fingerprint density at radius 2 is 2.00 bits per heavy atom. The number of phenols is 1. The third-order valence-electron chi connectivity index (χ3n) is 3.24. The first-order valence-corrected chi connectivity index (χ1v) is 8.41. The molecule has 20 heavy (non-hydrogen) atoms. The van der Waals surface area contributed by atoms with E-state index >= 15 is 0 Å². The number of fused-ring (bicyclic) bond motifs is 1. The summed E-state index contributed by atoms with van der Waals surface area (Å²) in [6.07, 6.45) is 0.997. The fourth-order valence-corrected chi connectivity index (χ4v) is 4.00. The van der Waals surface area contributed by atoms with E-state index in [0.29, 0.717) is 5.82 Å². The number of aromatic hydroxyl groups is 1. The lowest BCUT2D eigenvalue weighted by atomic mass is 10.1. The lowest BCUT2D eigenvalue weighted by molar-refractivity contribution is 0.473. The van der Waals surface area contributed by atoms with Crippen molar-refractivity contribution < 1.29 is 5.11 Å². The smallest absolute Gasteiger partial charge is 0.142 e. The highest BCUT2D eigenvalue weighted by Crippen LogP contribution is 2.34. The van der Waals surface area contributed by atoms with Crippen molar-refractivity contribution in [1.29, 1.82) is 0 Å². The number of benzene rings is 2. The van der Waals surface area contributed by atoms with Crippen LogP contribution < -0.4 is 0 Å². The van der Waals surface area contributed by atoms with Crippen molar-refractivity contribution >= 4 is 56.2 Å². The Balaban J connectivity index is 2.20. The van der Waals surface area contributed by atoms with E-state index in [9.17, 15) is 5.11 Å². The summed E-state index contributed by atoms with van der Waals surface area (Å²) in [6, 6.07) is 10.1. The van der Waals surface area contributed by atoms with Gasteiger partial charge in [0.15, 0.2) is 0 Å². The summed E-state index contributed by atoms with van der Waals surface area (Å²) >= 11 is 4.38. The predicted molar refractivity (Wildman–Crippen MR) is 98.0 cm³/mol. The first kappa shape index (κ1) is 14.1. The Hall–Kier alpha value is -0.830. The van der Waals surface area contributed by atoms with E-state index in [1.807, 2.05) is 18.2 Å². The summed E-state index contributed by atoms with van der Waals surface area (Å²) < 4.78 is 1.91. The summed E-state index contributed by atoms with van der Waals surface area (Å²) in [6.45, 7) is 2.13. The molecule has 0 aliphatic rings. The molecule has 0 aliphatic heterocycles. The maximum Gasteiger partial charge on any atom is 0.142 e. The van der Waals surface area contributed by atoms with Crippen LogP contribution in [0.1, 0.15) is 12.5 Å². The monoisotopic (exact) mass is 490 g/mol. The number of aromatic nitrogens is 2. The van der Waals surface area contributed by atoms with E-state index in [1.54, 1.807) is 0 Å². The number of hydrogen-bond donors (Lipinski definition) is 2. The van der Waals surface area contributed by atoms with Crippen LogP contribution in [0.5, 0.6) is 5.75 Å². The van der Waals surface area contributed by atoms with E-state index in [1.165, 1.54) is 5.56 Å². The largest absolute Gasteiger partial charge is 0.506 e. The summed E-state index contributed by atoms with van der Waals surface area (Å²) in [5.41, 5.74) is 3.95. The molecule has 0 saturated carbocycles. The molecule has 0 amide bonds. The average Bonchev–Trinajstić information content (AvgIpc) is 2.85. The van der Waals surface area contributed by atoms with E-state index in [4.69, 9.17) is 0 Å². The third-order valence-corrected chi connectivity index (χ3v) is 4.68. The van der Waals surface area contributed by atoms with Crippen molar-refractivity contribution in [2.75, 3.05) is 0 Å².